The second-order valence-corrected chi connectivity index (χ2v) is 22.2. The zero-order chi connectivity index (χ0) is 54.8. The first-order valence-corrected chi connectivity index (χ1v) is 28.4. The molecule has 4 aromatic carbocycles. The summed E-state index contributed by atoms with van der Waals surface area (Å²) in [5, 5.41) is 12.2. The van der Waals surface area contributed by atoms with Crippen LogP contribution in [0.4, 0.5) is 27.2 Å². The third-order valence-electron chi connectivity index (χ3n) is 11.5. The number of carbonyl (C=O) groups is 2. The predicted molar refractivity (Wildman–Crippen MR) is 275 cm³/mol. The fourth-order valence-electron chi connectivity index (χ4n) is 7.91. The van der Waals surface area contributed by atoms with E-state index in [1.165, 1.54) is 0 Å². The molecule has 0 heterocycles. The number of hydrogen-bond donors (Lipinski definition) is 6. The van der Waals surface area contributed by atoms with Gasteiger partial charge in [-0.15, -0.1) is 0 Å². The quantitative estimate of drug-likeness (QED) is 0.0211. The third kappa shape index (κ3) is 18.1. The summed E-state index contributed by atoms with van der Waals surface area (Å²) in [5.41, 5.74) is 2.76. The Morgan fingerprint density at radius 1 is 0.474 bits per heavy atom. The molecule has 28 heteroatoms. The van der Waals surface area contributed by atoms with E-state index in [4.69, 9.17) is 74.8 Å². The SMILES string of the molecule is O=C(NCCCCNC(=O)NCCOCCOCCNS(=O)(=O)c1cc(F)c(O[C@@H]2CCc3c(Cl)cc(Cl)cc32)c(F)c1)NCCOCCOCCNS(=O)(=O)c1cc(F)c(O[C@@H]2CCc3c(Cl)cc(Cl)cc32)c(F)c1. The highest BCUT2D eigenvalue weighted by Crippen LogP contribution is 2.43. The fourth-order valence-corrected chi connectivity index (χ4v) is 11.2. The normalized spacial score (nSPS) is 15.1. The van der Waals surface area contributed by atoms with Crippen LogP contribution in [0.3, 0.4) is 0 Å². The number of fused-ring (bicyclic) bond motifs is 2. The van der Waals surface area contributed by atoms with E-state index in [0.29, 0.717) is 107 Å². The molecule has 418 valence electrons. The van der Waals surface area contributed by atoms with Crippen molar-refractivity contribution in [1.82, 2.24) is 30.7 Å². The molecular weight excluding hydrogens is 1130 g/mol. The van der Waals surface area contributed by atoms with Gasteiger partial charge in [0.2, 0.25) is 20.0 Å². The van der Waals surface area contributed by atoms with Crippen molar-refractivity contribution in [1.29, 1.82) is 0 Å². The number of nitrogens with one attached hydrogen (secondary N) is 6. The molecular formula is C48H56Cl4F4N6O12S2. The molecule has 0 aliphatic heterocycles. The molecule has 2 aliphatic rings. The summed E-state index contributed by atoms with van der Waals surface area (Å²) in [6.07, 6.45) is 1.59. The van der Waals surface area contributed by atoms with E-state index in [-0.39, 0.29) is 79.0 Å². The number of ether oxygens (including phenoxy) is 6. The molecule has 6 rings (SSSR count). The summed E-state index contributed by atoms with van der Waals surface area (Å²) in [5.74, 6) is -6.18. The summed E-state index contributed by atoms with van der Waals surface area (Å²) >= 11 is 24.7. The Bertz CT molecular complexity index is 2650. The largest absolute Gasteiger partial charge is 0.480 e. The molecule has 0 unspecified atom stereocenters. The van der Waals surface area contributed by atoms with Crippen molar-refractivity contribution in [2.75, 3.05) is 92.1 Å². The Hall–Kier alpha value is -4.44. The highest BCUT2D eigenvalue weighted by atomic mass is 35.5. The smallest absolute Gasteiger partial charge is 0.314 e. The molecule has 2 atom stereocenters. The highest BCUT2D eigenvalue weighted by molar-refractivity contribution is 7.89. The lowest BCUT2D eigenvalue weighted by Gasteiger charge is -2.17. The maximum atomic E-state index is 15.0. The van der Waals surface area contributed by atoms with Crippen LogP contribution in [-0.4, -0.2) is 121 Å². The van der Waals surface area contributed by atoms with Crippen molar-refractivity contribution in [3.63, 3.8) is 0 Å². The van der Waals surface area contributed by atoms with Gasteiger partial charge >= 0.3 is 12.1 Å². The minimum atomic E-state index is -4.29. The van der Waals surface area contributed by atoms with Gasteiger partial charge in [0.25, 0.3) is 0 Å². The first-order valence-electron chi connectivity index (χ1n) is 23.9. The standard InChI is InChI=1S/C48H56Cl4F4N6O12S2/c49-29-21-35-33(37(51)23-29)3-5-43(35)73-45-39(53)25-31(26-40(45)54)75(65,66)61-11-15-71-19-17-69-13-9-59-47(63)57-7-1-2-8-58-48(64)60-10-14-70-18-20-72-16-12-62-76(67,68)32-27-41(55)46(42(56)28-32)74-44-6-4-34-36(44)22-30(50)24-38(34)52/h21-28,43-44,61-62H,1-20H2,(H2,57,59,63)(H2,58,60,64)/t43-,44-/m1/s1. The van der Waals surface area contributed by atoms with E-state index in [1.54, 1.807) is 24.3 Å². The van der Waals surface area contributed by atoms with E-state index in [0.717, 1.165) is 11.1 Å². The van der Waals surface area contributed by atoms with Crippen LogP contribution in [0, 0.1) is 23.3 Å². The van der Waals surface area contributed by atoms with Gasteiger partial charge in [-0.3, -0.25) is 0 Å². The second kappa shape index (κ2) is 29.5. The van der Waals surface area contributed by atoms with E-state index >= 15 is 0 Å². The van der Waals surface area contributed by atoms with Gasteiger partial charge in [0, 0.05) is 59.4 Å². The molecule has 0 radical (unpaired) electrons. The van der Waals surface area contributed by atoms with E-state index in [1.807, 2.05) is 0 Å². The average molecular weight is 1190 g/mol. The van der Waals surface area contributed by atoms with Crippen LogP contribution in [0.25, 0.3) is 0 Å². The van der Waals surface area contributed by atoms with Crippen molar-refractivity contribution in [2.45, 2.75) is 60.5 Å². The van der Waals surface area contributed by atoms with Crippen LogP contribution in [0.15, 0.2) is 58.3 Å². The lowest BCUT2D eigenvalue weighted by atomic mass is 10.1. The third-order valence-corrected chi connectivity index (χ3v) is 15.5. The van der Waals surface area contributed by atoms with Crippen molar-refractivity contribution in [3.05, 3.63) is 114 Å². The fraction of sp³-hybridized carbons (Fsp3) is 0.458. The minimum absolute atomic E-state index is 0.0580. The van der Waals surface area contributed by atoms with Gasteiger partial charge in [0.05, 0.1) is 62.6 Å². The van der Waals surface area contributed by atoms with Gasteiger partial charge in [0.15, 0.2) is 34.8 Å². The number of halogens is 8. The lowest BCUT2D eigenvalue weighted by Crippen LogP contribution is -2.39. The highest BCUT2D eigenvalue weighted by Gasteiger charge is 2.32. The number of carbonyl (C=O) groups excluding carboxylic acids is 2. The maximum Gasteiger partial charge on any atom is 0.314 e. The molecule has 4 amide bonds. The molecule has 0 aromatic heterocycles. The molecule has 18 nitrogen and oxygen atoms in total. The van der Waals surface area contributed by atoms with Crippen LogP contribution >= 0.6 is 46.4 Å². The maximum absolute atomic E-state index is 15.0. The molecule has 6 N–H and O–H groups in total. The van der Waals surface area contributed by atoms with Crippen molar-refractivity contribution in [2.24, 2.45) is 0 Å². The topological polar surface area (TPSA) is 230 Å². The van der Waals surface area contributed by atoms with Gasteiger partial charge in [-0.1, -0.05) is 46.4 Å². The van der Waals surface area contributed by atoms with Crippen LogP contribution in [-0.2, 0) is 51.8 Å². The molecule has 0 saturated carbocycles. The summed E-state index contributed by atoms with van der Waals surface area (Å²) < 4.78 is 148. The minimum Gasteiger partial charge on any atom is -0.480 e. The van der Waals surface area contributed by atoms with Crippen LogP contribution in [0.5, 0.6) is 11.5 Å². The molecule has 2 aliphatic carbocycles. The summed E-state index contributed by atoms with van der Waals surface area (Å²) in [6, 6.07) is 8.27. The molecule has 4 aromatic rings. The van der Waals surface area contributed by atoms with Gasteiger partial charge < -0.3 is 49.7 Å². The van der Waals surface area contributed by atoms with Crippen LogP contribution in [0.2, 0.25) is 20.1 Å². The Kier molecular flexibility index (Phi) is 23.6. The molecule has 0 bridgehead atoms. The van der Waals surface area contributed by atoms with Gasteiger partial charge in [-0.05, 0) is 109 Å². The Morgan fingerprint density at radius 3 is 1.16 bits per heavy atom. The first kappa shape index (κ1) is 60.8. The van der Waals surface area contributed by atoms with E-state index in [9.17, 15) is 44.0 Å². The van der Waals surface area contributed by atoms with Crippen molar-refractivity contribution >= 4 is 78.5 Å². The predicted octanol–water partition coefficient (Wildman–Crippen LogP) is 7.69. The molecule has 0 spiro atoms. The number of benzene rings is 4. The monoisotopic (exact) mass is 1190 g/mol. The number of urea groups is 2. The lowest BCUT2D eigenvalue weighted by molar-refractivity contribution is 0.0516. The number of amides is 4. The van der Waals surface area contributed by atoms with Gasteiger partial charge in [0.1, 0.15) is 12.2 Å². The summed E-state index contributed by atoms with van der Waals surface area (Å²) in [6.45, 7) is 1.50. The zero-order valence-electron chi connectivity index (χ0n) is 40.7. The molecule has 76 heavy (non-hydrogen) atoms. The van der Waals surface area contributed by atoms with Gasteiger partial charge in [-0.2, -0.15) is 0 Å². The van der Waals surface area contributed by atoms with E-state index in [2.05, 4.69) is 30.7 Å². The average Bonchev–Trinajstić information content (AvgIpc) is 3.97. The van der Waals surface area contributed by atoms with Crippen molar-refractivity contribution in [3.8, 4) is 11.5 Å². The number of sulfonamides is 2. The molecule has 0 saturated heterocycles. The van der Waals surface area contributed by atoms with E-state index < -0.39 is 88.9 Å². The Labute approximate surface area is 457 Å². The summed E-state index contributed by atoms with van der Waals surface area (Å²) in [4.78, 5) is 22.8. The van der Waals surface area contributed by atoms with Crippen LogP contribution in [0.1, 0.15) is 60.1 Å². The second-order valence-electron chi connectivity index (χ2n) is 17.0. The first-order chi connectivity index (χ1) is 36.3. The Balaban J connectivity index is 0.699. The Morgan fingerprint density at radius 2 is 0.803 bits per heavy atom. The molecule has 0 fully saturated rings. The van der Waals surface area contributed by atoms with Crippen molar-refractivity contribution < 1.29 is 72.4 Å². The van der Waals surface area contributed by atoms with Gasteiger partial charge in [-0.25, -0.2) is 53.4 Å². The number of unbranched alkanes of at least 4 members (excludes halogenated alkanes) is 1. The number of rotatable bonds is 31. The summed E-state index contributed by atoms with van der Waals surface area (Å²) in [7, 11) is -8.58. The van der Waals surface area contributed by atoms with Crippen LogP contribution < -0.4 is 40.2 Å². The zero-order valence-corrected chi connectivity index (χ0v) is 45.3. The number of hydrogen-bond acceptors (Lipinski definition) is 12.